The van der Waals surface area contributed by atoms with Gasteiger partial charge in [0.2, 0.25) is 6.29 Å². The largest absolute Gasteiger partial charge is 0.460 e. The summed E-state index contributed by atoms with van der Waals surface area (Å²) >= 11 is 0. The van der Waals surface area contributed by atoms with Crippen molar-refractivity contribution in [1.29, 1.82) is 0 Å². The van der Waals surface area contributed by atoms with Crippen molar-refractivity contribution < 1.29 is 23.4 Å². The zero-order valence-electron chi connectivity index (χ0n) is 16.7. The summed E-state index contributed by atoms with van der Waals surface area (Å²) in [6.07, 6.45) is 0.828. The van der Waals surface area contributed by atoms with E-state index >= 15 is 0 Å². The van der Waals surface area contributed by atoms with Gasteiger partial charge < -0.3 is 14.2 Å². The molecule has 160 valence electrons. The number of tetrazole rings is 1. The van der Waals surface area contributed by atoms with Crippen molar-refractivity contribution in [2.45, 2.75) is 19.5 Å². The topological polar surface area (TPSA) is 88.4 Å². The van der Waals surface area contributed by atoms with Gasteiger partial charge in [-0.3, -0.25) is 0 Å². The molecule has 0 fully saturated rings. The summed E-state index contributed by atoms with van der Waals surface area (Å²) in [6, 6.07) is 18.7. The Labute approximate surface area is 182 Å². The molecule has 0 spiro atoms. The van der Waals surface area contributed by atoms with Gasteiger partial charge in [-0.1, -0.05) is 30.3 Å². The van der Waals surface area contributed by atoms with Crippen LogP contribution in [0.5, 0.6) is 5.75 Å². The number of halogens is 1. The van der Waals surface area contributed by atoms with Crippen LogP contribution in [0.4, 0.5) is 4.39 Å². The number of fused-ring (bicyclic) bond motifs is 1. The maximum absolute atomic E-state index is 14.1. The third-order valence-corrected chi connectivity index (χ3v) is 4.97. The molecule has 0 N–H and O–H groups in total. The molecule has 2 heterocycles. The molecule has 1 atom stereocenters. The Kier molecular flexibility index (Phi) is 5.30. The van der Waals surface area contributed by atoms with Crippen LogP contribution in [0.15, 0.2) is 73.1 Å². The molecular weight excluding hydrogens is 415 g/mol. The molecule has 1 aliphatic heterocycles. The average molecular weight is 432 g/mol. The van der Waals surface area contributed by atoms with E-state index in [2.05, 4.69) is 15.5 Å². The molecule has 1 aromatic heterocycles. The molecule has 0 radical (unpaired) electrons. The summed E-state index contributed by atoms with van der Waals surface area (Å²) in [6.45, 7) is 0.0430. The lowest BCUT2D eigenvalue weighted by Gasteiger charge is -2.28. The highest BCUT2D eigenvalue weighted by atomic mass is 19.1. The molecule has 0 aliphatic carbocycles. The Morgan fingerprint density at radius 3 is 2.69 bits per heavy atom. The average Bonchev–Trinajstić information content (AvgIpc) is 3.38. The number of carbonyl (C=O) groups excluding carboxylic acids is 1. The first-order valence-electron chi connectivity index (χ1n) is 9.82. The van der Waals surface area contributed by atoms with Gasteiger partial charge in [-0.15, -0.1) is 5.10 Å². The van der Waals surface area contributed by atoms with E-state index in [1.54, 1.807) is 24.3 Å². The molecule has 0 bridgehead atoms. The molecule has 4 aromatic rings. The lowest BCUT2D eigenvalue weighted by Crippen LogP contribution is -2.20. The van der Waals surface area contributed by atoms with Crippen LogP contribution in [0.2, 0.25) is 0 Å². The Morgan fingerprint density at radius 2 is 1.94 bits per heavy atom. The summed E-state index contributed by atoms with van der Waals surface area (Å²) in [4.78, 5) is 12.5. The number of carbonyl (C=O) groups is 1. The smallest absolute Gasteiger partial charge is 0.338 e. The second kappa shape index (κ2) is 8.56. The van der Waals surface area contributed by atoms with Crippen LogP contribution in [0.3, 0.4) is 0 Å². The molecule has 5 rings (SSSR count). The second-order valence-corrected chi connectivity index (χ2v) is 7.10. The third-order valence-electron chi connectivity index (χ3n) is 4.97. The lowest BCUT2D eigenvalue weighted by molar-refractivity contribution is -0.112. The van der Waals surface area contributed by atoms with Gasteiger partial charge >= 0.3 is 5.97 Å². The molecule has 0 amide bonds. The predicted octanol–water partition coefficient (Wildman–Crippen LogP) is 3.77. The number of esters is 1. The number of hydrogen-bond donors (Lipinski definition) is 0. The molecule has 9 heteroatoms. The molecule has 0 saturated heterocycles. The van der Waals surface area contributed by atoms with E-state index in [1.165, 1.54) is 23.1 Å². The van der Waals surface area contributed by atoms with Crippen molar-refractivity contribution in [1.82, 2.24) is 20.2 Å². The van der Waals surface area contributed by atoms with E-state index in [1.807, 2.05) is 30.3 Å². The van der Waals surface area contributed by atoms with Gasteiger partial charge in [0.05, 0.1) is 17.9 Å². The molecule has 1 aliphatic rings. The molecule has 3 aromatic carbocycles. The minimum atomic E-state index is -0.623. The first kappa shape index (κ1) is 19.8. The van der Waals surface area contributed by atoms with Gasteiger partial charge in [-0.25, -0.2) is 13.9 Å². The van der Waals surface area contributed by atoms with Crippen LogP contribution in [-0.2, 0) is 22.7 Å². The Bertz CT molecular complexity index is 1230. The summed E-state index contributed by atoms with van der Waals surface area (Å²) in [5.41, 5.74) is 2.88. The van der Waals surface area contributed by atoms with E-state index in [0.717, 1.165) is 5.56 Å². The van der Waals surface area contributed by atoms with Gasteiger partial charge in [0.15, 0.2) is 0 Å². The van der Waals surface area contributed by atoms with Crippen LogP contribution >= 0.6 is 0 Å². The fourth-order valence-electron chi connectivity index (χ4n) is 3.42. The highest BCUT2D eigenvalue weighted by molar-refractivity contribution is 5.89. The van der Waals surface area contributed by atoms with E-state index in [-0.39, 0.29) is 13.2 Å². The van der Waals surface area contributed by atoms with E-state index in [4.69, 9.17) is 14.2 Å². The van der Waals surface area contributed by atoms with Crippen molar-refractivity contribution in [3.63, 3.8) is 0 Å². The van der Waals surface area contributed by atoms with Crippen molar-refractivity contribution in [2.75, 3.05) is 0 Å². The highest BCUT2D eigenvalue weighted by Gasteiger charge is 2.25. The molecule has 0 saturated carbocycles. The summed E-state index contributed by atoms with van der Waals surface area (Å²) in [7, 11) is 0. The van der Waals surface area contributed by atoms with Gasteiger partial charge in [-0.05, 0) is 46.8 Å². The van der Waals surface area contributed by atoms with Gasteiger partial charge in [0, 0.05) is 16.7 Å². The highest BCUT2D eigenvalue weighted by Crippen LogP contribution is 2.36. The second-order valence-electron chi connectivity index (χ2n) is 7.10. The number of hydrogen-bond acceptors (Lipinski definition) is 7. The van der Waals surface area contributed by atoms with Crippen LogP contribution in [-0.4, -0.2) is 26.2 Å². The SMILES string of the molecule is O=C(OCc1cc(F)cc2c1O[C@H](c1ccccc1)OC2)c1ccc(-n2cnnn2)cc1. The Morgan fingerprint density at radius 1 is 1.12 bits per heavy atom. The van der Waals surface area contributed by atoms with Gasteiger partial charge in [0.25, 0.3) is 0 Å². The maximum atomic E-state index is 14.1. The van der Waals surface area contributed by atoms with Crippen LogP contribution in [0.1, 0.15) is 33.3 Å². The molecule has 8 nitrogen and oxygen atoms in total. The molecule has 0 unspecified atom stereocenters. The number of ether oxygens (including phenoxy) is 3. The van der Waals surface area contributed by atoms with Crippen LogP contribution in [0, 0.1) is 5.82 Å². The van der Waals surface area contributed by atoms with Crippen LogP contribution < -0.4 is 4.74 Å². The first-order valence-corrected chi connectivity index (χ1v) is 9.82. The zero-order chi connectivity index (χ0) is 21.9. The summed E-state index contributed by atoms with van der Waals surface area (Å²) in [5.74, 6) is -0.530. The zero-order valence-corrected chi connectivity index (χ0v) is 16.7. The predicted molar refractivity (Wildman–Crippen MR) is 109 cm³/mol. The quantitative estimate of drug-likeness (QED) is 0.444. The number of benzene rings is 3. The monoisotopic (exact) mass is 432 g/mol. The summed E-state index contributed by atoms with van der Waals surface area (Å²) < 4.78 is 32.8. The van der Waals surface area contributed by atoms with Crippen LogP contribution in [0.25, 0.3) is 5.69 Å². The standard InChI is InChI=1S/C23H17FN4O4/c24-19-10-17(21-18(11-19)13-31-23(32-21)16-4-2-1-3-5-16)12-30-22(29)15-6-8-20(9-7-15)28-14-25-26-27-28/h1-11,14,23H,12-13H2/t23-/m1/s1. The van der Waals surface area contributed by atoms with Gasteiger partial charge in [0.1, 0.15) is 24.5 Å². The van der Waals surface area contributed by atoms with E-state index in [9.17, 15) is 9.18 Å². The summed E-state index contributed by atoms with van der Waals surface area (Å²) in [5, 5.41) is 10.9. The van der Waals surface area contributed by atoms with E-state index in [0.29, 0.717) is 28.1 Å². The minimum Gasteiger partial charge on any atom is -0.460 e. The molecular formula is C23H17FN4O4. The van der Waals surface area contributed by atoms with Crippen molar-refractivity contribution in [3.05, 3.63) is 101 Å². The normalized spacial score (nSPS) is 15.0. The Hall–Kier alpha value is -4.11. The van der Waals surface area contributed by atoms with Gasteiger partial charge in [-0.2, -0.15) is 0 Å². The third kappa shape index (κ3) is 4.06. The fraction of sp³-hybridized carbons (Fsp3) is 0.130. The number of aromatic nitrogens is 4. The van der Waals surface area contributed by atoms with E-state index < -0.39 is 18.1 Å². The van der Waals surface area contributed by atoms with Crippen molar-refractivity contribution in [2.24, 2.45) is 0 Å². The maximum Gasteiger partial charge on any atom is 0.338 e. The fourth-order valence-corrected chi connectivity index (χ4v) is 3.42. The first-order chi connectivity index (χ1) is 15.7. The molecule has 32 heavy (non-hydrogen) atoms. The lowest BCUT2D eigenvalue weighted by atomic mass is 10.1. The minimum absolute atomic E-state index is 0.144. The Balaban J connectivity index is 1.31. The van der Waals surface area contributed by atoms with Crippen molar-refractivity contribution >= 4 is 5.97 Å². The van der Waals surface area contributed by atoms with Crippen molar-refractivity contribution in [3.8, 4) is 11.4 Å². The number of nitrogens with zero attached hydrogens (tertiary/aromatic N) is 4. The number of rotatable bonds is 5.